The molecular formula is C14H27ClN2O. The van der Waals surface area contributed by atoms with E-state index in [1.165, 1.54) is 12.8 Å². The van der Waals surface area contributed by atoms with E-state index in [-0.39, 0.29) is 24.4 Å². The van der Waals surface area contributed by atoms with Gasteiger partial charge in [-0.25, -0.2) is 0 Å². The second kappa shape index (κ2) is 6.76. The molecule has 1 aliphatic carbocycles. The van der Waals surface area contributed by atoms with Crippen LogP contribution in [-0.2, 0) is 4.79 Å². The Morgan fingerprint density at radius 1 is 1.22 bits per heavy atom. The maximum Gasteiger partial charge on any atom is 0.225 e. The molecule has 3 unspecified atom stereocenters. The lowest BCUT2D eigenvalue weighted by Gasteiger charge is -2.34. The number of nitrogens with zero attached hydrogens (tertiary/aromatic N) is 1. The summed E-state index contributed by atoms with van der Waals surface area (Å²) in [7, 11) is 0. The molecule has 0 aromatic heterocycles. The van der Waals surface area contributed by atoms with Crippen molar-refractivity contribution in [2.24, 2.45) is 17.6 Å². The molecule has 106 valence electrons. The van der Waals surface area contributed by atoms with Crippen LogP contribution in [0.5, 0.6) is 0 Å². The average molecular weight is 275 g/mol. The first-order valence-corrected chi connectivity index (χ1v) is 7.15. The van der Waals surface area contributed by atoms with Crippen LogP contribution in [0.15, 0.2) is 0 Å². The lowest BCUT2D eigenvalue weighted by Crippen LogP contribution is -2.44. The number of carbonyl (C=O) groups is 1. The fourth-order valence-electron chi connectivity index (χ4n) is 3.45. The van der Waals surface area contributed by atoms with E-state index < -0.39 is 0 Å². The molecule has 2 aliphatic rings. The molecule has 4 heteroatoms. The van der Waals surface area contributed by atoms with E-state index in [1.54, 1.807) is 0 Å². The number of hydrogen-bond acceptors (Lipinski definition) is 2. The molecular weight excluding hydrogens is 248 g/mol. The standard InChI is InChI=1S/C14H26N2O.ClH/c1-10(2)13-7-4-8-16(13)14(17)11-5-3-6-12(15)9-11;/h10-13H,3-9,15H2,1-2H3;1H. The van der Waals surface area contributed by atoms with Crippen molar-refractivity contribution in [2.45, 2.75) is 64.5 Å². The van der Waals surface area contributed by atoms with Crippen molar-refractivity contribution < 1.29 is 4.79 Å². The summed E-state index contributed by atoms with van der Waals surface area (Å²) >= 11 is 0. The summed E-state index contributed by atoms with van der Waals surface area (Å²) in [6, 6.07) is 0.721. The minimum Gasteiger partial charge on any atom is -0.339 e. The summed E-state index contributed by atoms with van der Waals surface area (Å²) in [5, 5.41) is 0. The van der Waals surface area contributed by atoms with Gasteiger partial charge in [-0.15, -0.1) is 12.4 Å². The fourth-order valence-corrected chi connectivity index (χ4v) is 3.45. The van der Waals surface area contributed by atoms with Gasteiger partial charge in [-0.1, -0.05) is 20.3 Å². The molecule has 3 nitrogen and oxygen atoms in total. The molecule has 1 amide bonds. The Bertz CT molecular complexity index is 283. The van der Waals surface area contributed by atoms with E-state index in [0.717, 1.165) is 32.2 Å². The second-order valence-corrected chi connectivity index (χ2v) is 6.11. The molecule has 0 radical (unpaired) electrons. The maximum absolute atomic E-state index is 12.5. The third-order valence-electron chi connectivity index (χ3n) is 4.42. The Morgan fingerprint density at radius 2 is 1.94 bits per heavy atom. The molecule has 0 spiro atoms. The van der Waals surface area contributed by atoms with Crippen molar-refractivity contribution >= 4 is 18.3 Å². The van der Waals surface area contributed by atoms with E-state index in [2.05, 4.69) is 18.7 Å². The number of nitrogens with two attached hydrogens (primary N) is 1. The lowest BCUT2D eigenvalue weighted by molar-refractivity contribution is -0.138. The van der Waals surface area contributed by atoms with Crippen molar-refractivity contribution in [2.75, 3.05) is 6.54 Å². The minimum atomic E-state index is 0. The first-order valence-electron chi connectivity index (χ1n) is 7.15. The molecule has 3 atom stereocenters. The van der Waals surface area contributed by atoms with Crippen molar-refractivity contribution in [3.05, 3.63) is 0 Å². The largest absolute Gasteiger partial charge is 0.339 e. The second-order valence-electron chi connectivity index (χ2n) is 6.11. The summed E-state index contributed by atoms with van der Waals surface area (Å²) in [6.45, 7) is 5.42. The molecule has 0 aromatic carbocycles. The highest BCUT2D eigenvalue weighted by molar-refractivity contribution is 5.85. The van der Waals surface area contributed by atoms with Gasteiger partial charge in [0.2, 0.25) is 5.91 Å². The predicted octanol–water partition coefficient (Wildman–Crippen LogP) is 2.57. The van der Waals surface area contributed by atoms with E-state index in [1.807, 2.05) is 0 Å². The topological polar surface area (TPSA) is 46.3 Å². The number of rotatable bonds is 2. The van der Waals surface area contributed by atoms with Crippen LogP contribution >= 0.6 is 12.4 Å². The molecule has 2 rings (SSSR count). The predicted molar refractivity (Wildman–Crippen MR) is 76.8 cm³/mol. The zero-order valence-electron chi connectivity index (χ0n) is 11.6. The van der Waals surface area contributed by atoms with Gasteiger partial charge in [0.1, 0.15) is 0 Å². The van der Waals surface area contributed by atoms with Gasteiger partial charge in [-0.05, 0) is 38.0 Å². The summed E-state index contributed by atoms with van der Waals surface area (Å²) in [5.41, 5.74) is 5.99. The number of hydrogen-bond donors (Lipinski definition) is 1. The molecule has 1 heterocycles. The van der Waals surface area contributed by atoms with Gasteiger partial charge >= 0.3 is 0 Å². The van der Waals surface area contributed by atoms with Crippen LogP contribution < -0.4 is 5.73 Å². The van der Waals surface area contributed by atoms with Gasteiger partial charge in [-0.3, -0.25) is 4.79 Å². The normalized spacial score (nSPS) is 32.4. The molecule has 1 saturated carbocycles. The summed E-state index contributed by atoms with van der Waals surface area (Å²) in [6.07, 6.45) is 6.53. The Hall–Kier alpha value is -0.280. The zero-order valence-corrected chi connectivity index (χ0v) is 12.4. The Balaban J connectivity index is 0.00000162. The maximum atomic E-state index is 12.5. The SMILES string of the molecule is CC(C)C1CCCN1C(=O)C1CCCC(N)C1.Cl. The van der Waals surface area contributed by atoms with Crippen molar-refractivity contribution in [1.29, 1.82) is 0 Å². The van der Waals surface area contributed by atoms with Gasteiger partial charge in [-0.2, -0.15) is 0 Å². The number of amides is 1. The summed E-state index contributed by atoms with van der Waals surface area (Å²) in [5.74, 6) is 1.17. The highest BCUT2D eigenvalue weighted by atomic mass is 35.5. The Labute approximate surface area is 117 Å². The van der Waals surface area contributed by atoms with Crippen LogP contribution in [0.3, 0.4) is 0 Å². The fraction of sp³-hybridized carbons (Fsp3) is 0.929. The monoisotopic (exact) mass is 274 g/mol. The summed E-state index contributed by atoms with van der Waals surface area (Å²) < 4.78 is 0. The van der Waals surface area contributed by atoms with Gasteiger partial charge < -0.3 is 10.6 Å². The van der Waals surface area contributed by atoms with E-state index in [0.29, 0.717) is 17.9 Å². The van der Waals surface area contributed by atoms with Crippen LogP contribution in [-0.4, -0.2) is 29.4 Å². The number of carbonyl (C=O) groups excluding carboxylic acids is 1. The third-order valence-corrected chi connectivity index (χ3v) is 4.42. The van der Waals surface area contributed by atoms with Crippen molar-refractivity contribution in [1.82, 2.24) is 4.90 Å². The molecule has 0 aromatic rings. The Kier molecular flexibility index (Phi) is 5.93. The van der Waals surface area contributed by atoms with Gasteiger partial charge in [0, 0.05) is 24.5 Å². The van der Waals surface area contributed by atoms with Crippen LogP contribution in [0.1, 0.15) is 52.4 Å². The lowest BCUT2D eigenvalue weighted by atomic mass is 9.85. The first-order chi connectivity index (χ1) is 8.09. The average Bonchev–Trinajstić information content (AvgIpc) is 2.77. The van der Waals surface area contributed by atoms with E-state index in [4.69, 9.17) is 5.73 Å². The van der Waals surface area contributed by atoms with E-state index in [9.17, 15) is 4.79 Å². The smallest absolute Gasteiger partial charge is 0.225 e. The molecule has 1 saturated heterocycles. The van der Waals surface area contributed by atoms with Crippen molar-refractivity contribution in [3.63, 3.8) is 0 Å². The zero-order chi connectivity index (χ0) is 12.4. The molecule has 2 N–H and O–H groups in total. The van der Waals surface area contributed by atoms with Crippen LogP contribution in [0.2, 0.25) is 0 Å². The van der Waals surface area contributed by atoms with Gasteiger partial charge in [0.25, 0.3) is 0 Å². The van der Waals surface area contributed by atoms with Gasteiger partial charge in [0.15, 0.2) is 0 Å². The highest BCUT2D eigenvalue weighted by Gasteiger charge is 2.35. The molecule has 0 bridgehead atoms. The number of halogens is 1. The molecule has 1 aliphatic heterocycles. The van der Waals surface area contributed by atoms with E-state index >= 15 is 0 Å². The van der Waals surface area contributed by atoms with Crippen molar-refractivity contribution in [3.8, 4) is 0 Å². The molecule has 18 heavy (non-hydrogen) atoms. The van der Waals surface area contributed by atoms with Crippen LogP contribution in [0, 0.1) is 11.8 Å². The van der Waals surface area contributed by atoms with Gasteiger partial charge in [0.05, 0.1) is 0 Å². The van der Waals surface area contributed by atoms with Crippen LogP contribution in [0.25, 0.3) is 0 Å². The Morgan fingerprint density at radius 3 is 2.56 bits per heavy atom. The third kappa shape index (κ3) is 3.39. The molecule has 2 fully saturated rings. The summed E-state index contributed by atoms with van der Waals surface area (Å²) in [4.78, 5) is 14.7. The minimum absolute atomic E-state index is 0. The quantitative estimate of drug-likeness (QED) is 0.841. The highest BCUT2D eigenvalue weighted by Crippen LogP contribution is 2.30. The number of likely N-dealkylation sites (tertiary alicyclic amines) is 1. The first kappa shape index (κ1) is 15.8. The van der Waals surface area contributed by atoms with Crippen LogP contribution in [0.4, 0.5) is 0 Å².